The molecule has 0 saturated heterocycles. The Balaban J connectivity index is 2.79. The molecular formula is C7H12N2O4S. The van der Waals surface area contributed by atoms with Crippen LogP contribution in [0.2, 0.25) is 0 Å². The summed E-state index contributed by atoms with van der Waals surface area (Å²) in [6, 6.07) is 0. The van der Waals surface area contributed by atoms with Crippen molar-refractivity contribution in [3.63, 3.8) is 0 Å². The topological polar surface area (TPSA) is 92.4 Å². The normalized spacial score (nSPS) is 14.2. The molecule has 2 N–H and O–H groups in total. The van der Waals surface area contributed by atoms with Crippen LogP contribution >= 0.6 is 0 Å². The summed E-state index contributed by atoms with van der Waals surface area (Å²) in [4.78, 5) is 0.0997. The van der Waals surface area contributed by atoms with Crippen LogP contribution in [0, 0.1) is 0 Å². The fraction of sp³-hybridized carbons (Fsp3) is 0.571. The Bertz CT molecular complexity index is 398. The number of aliphatic hydroxyl groups excluding tert-OH is 2. The van der Waals surface area contributed by atoms with Gasteiger partial charge in [-0.3, -0.25) is 4.68 Å². The molecule has 0 aliphatic rings. The highest BCUT2D eigenvalue weighted by molar-refractivity contribution is 7.90. The summed E-state index contributed by atoms with van der Waals surface area (Å²) < 4.78 is 23.3. The summed E-state index contributed by atoms with van der Waals surface area (Å²) in [6.07, 6.45) is 2.67. The van der Waals surface area contributed by atoms with Crippen LogP contribution in [-0.2, 0) is 16.4 Å². The van der Waals surface area contributed by atoms with Crippen LogP contribution in [0.25, 0.3) is 0 Å². The molecule has 0 radical (unpaired) electrons. The van der Waals surface area contributed by atoms with E-state index in [1.54, 1.807) is 0 Å². The van der Waals surface area contributed by atoms with Crippen LogP contribution in [0.5, 0.6) is 0 Å². The van der Waals surface area contributed by atoms with Gasteiger partial charge in [-0.25, -0.2) is 8.42 Å². The van der Waals surface area contributed by atoms with Crippen molar-refractivity contribution in [1.29, 1.82) is 0 Å². The maximum atomic E-state index is 11.0. The zero-order valence-corrected chi connectivity index (χ0v) is 8.48. The van der Waals surface area contributed by atoms with Gasteiger partial charge in [-0.15, -0.1) is 0 Å². The molecule has 1 heterocycles. The van der Waals surface area contributed by atoms with E-state index in [2.05, 4.69) is 5.10 Å². The maximum absolute atomic E-state index is 11.0. The van der Waals surface area contributed by atoms with Crippen molar-refractivity contribution in [3.05, 3.63) is 12.4 Å². The number of aliphatic hydroxyl groups is 2. The molecule has 0 bridgehead atoms. The highest BCUT2D eigenvalue weighted by atomic mass is 32.2. The standard InChI is InChI=1S/C7H12N2O4S/c1-14(12,13)7-2-8-9(4-7)3-6(11)5-10/h2,4,6,10-11H,3,5H2,1H3. The lowest BCUT2D eigenvalue weighted by atomic mass is 10.4. The Hall–Kier alpha value is -0.920. The number of rotatable bonds is 4. The Morgan fingerprint density at radius 3 is 2.71 bits per heavy atom. The minimum Gasteiger partial charge on any atom is -0.394 e. The van der Waals surface area contributed by atoms with E-state index in [1.165, 1.54) is 17.1 Å². The predicted octanol–water partition coefficient (Wildman–Crippen LogP) is -1.36. The predicted molar refractivity (Wildman–Crippen MR) is 48.4 cm³/mol. The third kappa shape index (κ3) is 2.79. The highest BCUT2D eigenvalue weighted by Gasteiger charge is 2.11. The lowest BCUT2D eigenvalue weighted by molar-refractivity contribution is 0.0782. The molecule has 0 amide bonds. The zero-order valence-electron chi connectivity index (χ0n) is 7.66. The van der Waals surface area contributed by atoms with Gasteiger partial charge in [0.05, 0.1) is 25.5 Å². The Morgan fingerprint density at radius 1 is 1.64 bits per heavy atom. The molecule has 1 aromatic rings. The molecule has 0 spiro atoms. The van der Waals surface area contributed by atoms with Crippen LogP contribution in [0.1, 0.15) is 0 Å². The van der Waals surface area contributed by atoms with E-state index in [0.29, 0.717) is 0 Å². The van der Waals surface area contributed by atoms with Gasteiger partial charge in [0.15, 0.2) is 9.84 Å². The second kappa shape index (κ2) is 4.07. The van der Waals surface area contributed by atoms with Gasteiger partial charge in [0, 0.05) is 12.5 Å². The summed E-state index contributed by atoms with van der Waals surface area (Å²) in [5, 5.41) is 21.4. The summed E-state index contributed by atoms with van der Waals surface area (Å²) in [5.41, 5.74) is 0. The summed E-state index contributed by atoms with van der Waals surface area (Å²) >= 11 is 0. The zero-order chi connectivity index (χ0) is 10.8. The first-order valence-electron chi connectivity index (χ1n) is 3.95. The Labute approximate surface area is 81.7 Å². The summed E-state index contributed by atoms with van der Waals surface area (Å²) in [7, 11) is -3.25. The average Bonchev–Trinajstić information content (AvgIpc) is 2.51. The fourth-order valence-corrected chi connectivity index (χ4v) is 1.46. The molecule has 1 aromatic heterocycles. The quantitative estimate of drug-likeness (QED) is 0.653. The molecule has 0 fully saturated rings. The van der Waals surface area contributed by atoms with Crippen molar-refractivity contribution in [3.8, 4) is 0 Å². The van der Waals surface area contributed by atoms with Crippen molar-refractivity contribution >= 4 is 9.84 Å². The van der Waals surface area contributed by atoms with Gasteiger partial charge >= 0.3 is 0 Å². The second-order valence-electron chi connectivity index (χ2n) is 3.01. The summed E-state index contributed by atoms with van der Waals surface area (Å²) in [5.74, 6) is 0. The number of aromatic nitrogens is 2. The van der Waals surface area contributed by atoms with E-state index in [1.807, 2.05) is 0 Å². The van der Waals surface area contributed by atoms with Crippen molar-refractivity contribution in [2.75, 3.05) is 12.9 Å². The van der Waals surface area contributed by atoms with Gasteiger partial charge in [0.1, 0.15) is 4.90 Å². The second-order valence-corrected chi connectivity index (χ2v) is 5.02. The van der Waals surface area contributed by atoms with Crippen LogP contribution in [0.4, 0.5) is 0 Å². The molecular weight excluding hydrogens is 208 g/mol. The summed E-state index contributed by atoms with van der Waals surface area (Å²) in [6.45, 7) is -0.305. The molecule has 0 aliphatic carbocycles. The molecule has 80 valence electrons. The molecule has 1 rings (SSSR count). The van der Waals surface area contributed by atoms with Crippen molar-refractivity contribution in [1.82, 2.24) is 9.78 Å². The first-order valence-corrected chi connectivity index (χ1v) is 5.84. The number of hydrogen-bond donors (Lipinski definition) is 2. The van der Waals surface area contributed by atoms with E-state index in [4.69, 9.17) is 10.2 Å². The molecule has 6 nitrogen and oxygen atoms in total. The van der Waals surface area contributed by atoms with Crippen LogP contribution in [-0.4, -0.2) is 47.4 Å². The van der Waals surface area contributed by atoms with Crippen molar-refractivity contribution in [2.45, 2.75) is 17.5 Å². The third-order valence-corrected chi connectivity index (χ3v) is 2.71. The van der Waals surface area contributed by atoms with Gasteiger partial charge in [-0.2, -0.15) is 5.10 Å². The third-order valence-electron chi connectivity index (χ3n) is 1.65. The van der Waals surface area contributed by atoms with E-state index in [-0.39, 0.29) is 18.0 Å². The van der Waals surface area contributed by atoms with E-state index >= 15 is 0 Å². The monoisotopic (exact) mass is 220 g/mol. The van der Waals surface area contributed by atoms with Crippen LogP contribution < -0.4 is 0 Å². The van der Waals surface area contributed by atoms with E-state index in [9.17, 15) is 8.42 Å². The van der Waals surface area contributed by atoms with Gasteiger partial charge in [-0.05, 0) is 0 Å². The molecule has 1 unspecified atom stereocenters. The van der Waals surface area contributed by atoms with Crippen molar-refractivity contribution < 1.29 is 18.6 Å². The van der Waals surface area contributed by atoms with Gasteiger partial charge in [-0.1, -0.05) is 0 Å². The Morgan fingerprint density at radius 2 is 2.29 bits per heavy atom. The first-order chi connectivity index (χ1) is 6.43. The molecule has 14 heavy (non-hydrogen) atoms. The van der Waals surface area contributed by atoms with Crippen LogP contribution in [0.15, 0.2) is 17.3 Å². The number of hydrogen-bond acceptors (Lipinski definition) is 5. The van der Waals surface area contributed by atoms with Crippen LogP contribution in [0.3, 0.4) is 0 Å². The van der Waals surface area contributed by atoms with Crippen molar-refractivity contribution in [2.24, 2.45) is 0 Å². The molecule has 1 atom stereocenters. The van der Waals surface area contributed by atoms with Gasteiger partial charge < -0.3 is 10.2 Å². The van der Waals surface area contributed by atoms with Gasteiger partial charge in [0.25, 0.3) is 0 Å². The number of nitrogens with zero attached hydrogens (tertiary/aromatic N) is 2. The van der Waals surface area contributed by atoms with Gasteiger partial charge in [0.2, 0.25) is 0 Å². The number of sulfone groups is 1. The lowest BCUT2D eigenvalue weighted by Gasteiger charge is -2.05. The van der Waals surface area contributed by atoms with E-state index in [0.717, 1.165) is 6.26 Å². The fourth-order valence-electron chi connectivity index (χ4n) is 0.910. The molecule has 0 saturated carbocycles. The minimum atomic E-state index is -3.25. The molecule has 0 aromatic carbocycles. The smallest absolute Gasteiger partial charge is 0.178 e. The molecule has 0 aliphatic heterocycles. The lowest BCUT2D eigenvalue weighted by Crippen LogP contribution is -2.19. The Kier molecular flexibility index (Phi) is 3.25. The molecule has 7 heteroatoms. The largest absolute Gasteiger partial charge is 0.394 e. The SMILES string of the molecule is CS(=O)(=O)c1cnn(CC(O)CO)c1. The van der Waals surface area contributed by atoms with E-state index < -0.39 is 15.9 Å². The highest BCUT2D eigenvalue weighted by Crippen LogP contribution is 2.06. The maximum Gasteiger partial charge on any atom is 0.178 e. The minimum absolute atomic E-state index is 0.0754. The first kappa shape index (κ1) is 11.2. The average molecular weight is 220 g/mol.